The third-order valence-corrected chi connectivity index (χ3v) is 3.61. The van der Waals surface area contributed by atoms with Crippen molar-refractivity contribution in [1.82, 2.24) is 0 Å². The highest BCUT2D eigenvalue weighted by Crippen LogP contribution is 2.24. The minimum atomic E-state index is -0.574. The maximum atomic E-state index is 13.9. The molecule has 0 bridgehead atoms. The molecule has 26 heavy (non-hydrogen) atoms. The fourth-order valence-corrected chi connectivity index (χ4v) is 2.38. The van der Waals surface area contributed by atoms with E-state index in [0.717, 1.165) is 5.56 Å². The summed E-state index contributed by atoms with van der Waals surface area (Å²) in [5, 5.41) is 5.07. The summed E-state index contributed by atoms with van der Waals surface area (Å²) >= 11 is 0. The lowest BCUT2D eigenvalue weighted by atomic mass is 10.1. The highest BCUT2D eigenvalue weighted by Gasteiger charge is 2.10. The third kappa shape index (κ3) is 5.47. The highest BCUT2D eigenvalue weighted by molar-refractivity contribution is 5.93. The van der Waals surface area contributed by atoms with Gasteiger partial charge >= 0.3 is 0 Å². The quantitative estimate of drug-likeness (QED) is 0.794. The second-order valence-electron chi connectivity index (χ2n) is 5.64. The van der Waals surface area contributed by atoms with Crippen LogP contribution in [0.2, 0.25) is 0 Å². The van der Waals surface area contributed by atoms with Gasteiger partial charge in [0.2, 0.25) is 11.8 Å². The molecule has 2 aromatic carbocycles. The van der Waals surface area contributed by atoms with E-state index in [9.17, 15) is 14.0 Å². The Morgan fingerprint density at radius 1 is 1.00 bits per heavy atom. The van der Waals surface area contributed by atoms with Crippen LogP contribution in [0, 0.1) is 5.82 Å². The van der Waals surface area contributed by atoms with Gasteiger partial charge in [-0.25, -0.2) is 4.39 Å². The van der Waals surface area contributed by atoms with Gasteiger partial charge in [-0.3, -0.25) is 9.59 Å². The maximum absolute atomic E-state index is 13.9. The largest absolute Gasteiger partial charge is 0.497 e. The third-order valence-electron chi connectivity index (χ3n) is 3.61. The predicted molar refractivity (Wildman–Crippen MR) is 97.2 cm³/mol. The summed E-state index contributed by atoms with van der Waals surface area (Å²) in [6.07, 6.45) is 0.590. The Morgan fingerprint density at radius 2 is 1.65 bits per heavy atom. The van der Waals surface area contributed by atoms with Crippen LogP contribution < -0.4 is 20.1 Å². The predicted octanol–water partition coefficient (Wildman–Crippen LogP) is 3.37. The molecule has 0 aliphatic rings. The van der Waals surface area contributed by atoms with Gasteiger partial charge in [0.05, 0.1) is 19.9 Å². The second kappa shape index (κ2) is 8.84. The van der Waals surface area contributed by atoms with Crippen LogP contribution >= 0.6 is 0 Å². The van der Waals surface area contributed by atoms with E-state index in [4.69, 9.17) is 9.47 Å². The summed E-state index contributed by atoms with van der Waals surface area (Å²) in [6, 6.07) is 9.36. The topological polar surface area (TPSA) is 76.7 Å². The van der Waals surface area contributed by atoms with Gasteiger partial charge in [0.15, 0.2) is 0 Å². The first-order valence-electron chi connectivity index (χ1n) is 8.00. The number of rotatable bonds is 7. The van der Waals surface area contributed by atoms with Crippen LogP contribution in [0.4, 0.5) is 15.8 Å². The lowest BCUT2D eigenvalue weighted by Crippen LogP contribution is -2.14. The van der Waals surface area contributed by atoms with Crippen molar-refractivity contribution >= 4 is 23.2 Å². The van der Waals surface area contributed by atoms with Gasteiger partial charge in [0.1, 0.15) is 17.3 Å². The molecule has 2 aromatic rings. The van der Waals surface area contributed by atoms with Gasteiger partial charge in [-0.2, -0.15) is 0 Å². The number of amides is 2. The number of benzene rings is 2. The first-order chi connectivity index (χ1) is 12.4. The van der Waals surface area contributed by atoms with E-state index >= 15 is 0 Å². The van der Waals surface area contributed by atoms with E-state index in [-0.39, 0.29) is 23.9 Å². The number of carbonyl (C=O) groups excluding carboxylic acids is 2. The van der Waals surface area contributed by atoms with Gasteiger partial charge in [-0.05, 0) is 42.3 Å². The molecule has 6 nitrogen and oxygen atoms in total. The molecule has 0 atom stereocenters. The number of carbonyl (C=O) groups is 2. The molecule has 0 saturated heterocycles. The van der Waals surface area contributed by atoms with Crippen molar-refractivity contribution in [3.8, 4) is 11.5 Å². The smallest absolute Gasteiger partial charge is 0.224 e. The number of hydrogen-bond donors (Lipinski definition) is 2. The minimum absolute atomic E-state index is 0.0180. The average Bonchev–Trinajstić information content (AvgIpc) is 2.62. The van der Waals surface area contributed by atoms with Gasteiger partial charge in [-0.1, -0.05) is 0 Å². The molecule has 7 heteroatoms. The lowest BCUT2D eigenvalue weighted by Gasteiger charge is -2.10. The van der Waals surface area contributed by atoms with Crippen molar-refractivity contribution < 1.29 is 23.5 Å². The zero-order valence-electron chi connectivity index (χ0n) is 14.9. The molecule has 0 spiro atoms. The highest BCUT2D eigenvalue weighted by atomic mass is 19.1. The van der Waals surface area contributed by atoms with Gasteiger partial charge < -0.3 is 20.1 Å². The van der Waals surface area contributed by atoms with Crippen LogP contribution in [0.25, 0.3) is 0 Å². The van der Waals surface area contributed by atoms with Crippen LogP contribution in [0.15, 0.2) is 36.4 Å². The number of methoxy groups -OCH3 is 2. The number of halogens is 1. The standard InChI is InChI=1S/C19H21FN2O4/c1-12(23)21-14-5-6-17(20)18(10-14)22-19(24)7-4-13-8-15(25-2)11-16(9-13)26-3/h5-6,8-11H,4,7H2,1-3H3,(H,21,23)(H,22,24). The molecule has 2 amide bonds. The molecule has 0 unspecified atom stereocenters. The van der Waals surface area contributed by atoms with Crippen molar-refractivity contribution in [2.75, 3.05) is 24.9 Å². The average molecular weight is 360 g/mol. The van der Waals surface area contributed by atoms with Gasteiger partial charge in [0.25, 0.3) is 0 Å². The molecule has 0 radical (unpaired) electrons. The van der Waals surface area contributed by atoms with Crippen molar-refractivity contribution in [2.24, 2.45) is 0 Å². The van der Waals surface area contributed by atoms with E-state index in [2.05, 4.69) is 10.6 Å². The zero-order chi connectivity index (χ0) is 19.1. The van der Waals surface area contributed by atoms with Crippen LogP contribution in [-0.4, -0.2) is 26.0 Å². The Morgan fingerprint density at radius 3 is 2.23 bits per heavy atom. The molecular formula is C19H21FN2O4. The number of ether oxygens (including phenoxy) is 2. The van der Waals surface area contributed by atoms with E-state index in [0.29, 0.717) is 23.6 Å². The molecule has 0 heterocycles. The van der Waals surface area contributed by atoms with Crippen molar-refractivity contribution in [3.63, 3.8) is 0 Å². The molecule has 2 N–H and O–H groups in total. The number of hydrogen-bond acceptors (Lipinski definition) is 4. The zero-order valence-corrected chi connectivity index (χ0v) is 14.9. The van der Waals surface area contributed by atoms with E-state index in [1.165, 1.54) is 25.1 Å². The minimum Gasteiger partial charge on any atom is -0.497 e. The number of anilines is 2. The monoisotopic (exact) mass is 360 g/mol. The second-order valence-corrected chi connectivity index (χ2v) is 5.64. The van der Waals surface area contributed by atoms with E-state index < -0.39 is 5.82 Å². The summed E-state index contributed by atoms with van der Waals surface area (Å²) < 4.78 is 24.3. The van der Waals surface area contributed by atoms with Crippen LogP contribution in [0.5, 0.6) is 11.5 Å². The Kier molecular flexibility index (Phi) is 6.54. The Labute approximate surface area is 151 Å². The SMILES string of the molecule is COc1cc(CCC(=O)Nc2cc(NC(C)=O)ccc2F)cc(OC)c1. The normalized spacial score (nSPS) is 10.2. The van der Waals surface area contributed by atoms with Crippen LogP contribution in [0.3, 0.4) is 0 Å². The maximum Gasteiger partial charge on any atom is 0.224 e. The molecule has 0 aliphatic heterocycles. The Bertz CT molecular complexity index is 786. The fraction of sp³-hybridized carbons (Fsp3) is 0.263. The summed E-state index contributed by atoms with van der Waals surface area (Å²) in [6.45, 7) is 1.35. The Balaban J connectivity index is 2.02. The van der Waals surface area contributed by atoms with E-state index in [1.54, 1.807) is 20.3 Å². The summed E-state index contributed by atoms with van der Waals surface area (Å²) in [5.74, 6) is 0.0737. The van der Waals surface area contributed by atoms with Crippen molar-refractivity contribution in [1.29, 1.82) is 0 Å². The summed E-state index contributed by atoms with van der Waals surface area (Å²) in [7, 11) is 3.10. The molecule has 0 fully saturated rings. The molecule has 0 aliphatic carbocycles. The molecule has 0 saturated carbocycles. The lowest BCUT2D eigenvalue weighted by molar-refractivity contribution is -0.116. The fourth-order valence-electron chi connectivity index (χ4n) is 2.38. The number of nitrogens with one attached hydrogen (secondary N) is 2. The Hall–Kier alpha value is -3.09. The van der Waals surface area contributed by atoms with E-state index in [1.807, 2.05) is 12.1 Å². The van der Waals surface area contributed by atoms with Crippen molar-refractivity contribution in [2.45, 2.75) is 19.8 Å². The summed E-state index contributed by atoms with van der Waals surface area (Å²) in [5.41, 5.74) is 1.29. The van der Waals surface area contributed by atoms with Gasteiger partial charge in [0, 0.05) is 25.1 Å². The van der Waals surface area contributed by atoms with Crippen LogP contribution in [-0.2, 0) is 16.0 Å². The summed E-state index contributed by atoms with van der Waals surface area (Å²) in [4.78, 5) is 23.2. The van der Waals surface area contributed by atoms with Gasteiger partial charge in [-0.15, -0.1) is 0 Å². The molecule has 0 aromatic heterocycles. The molecular weight excluding hydrogens is 339 g/mol. The molecule has 2 rings (SSSR count). The van der Waals surface area contributed by atoms with Crippen LogP contribution in [0.1, 0.15) is 18.9 Å². The first kappa shape index (κ1) is 19.2. The molecule has 138 valence electrons. The first-order valence-corrected chi connectivity index (χ1v) is 8.00. The van der Waals surface area contributed by atoms with Crippen molar-refractivity contribution in [3.05, 3.63) is 47.8 Å². The number of aryl methyl sites for hydroxylation is 1.